The lowest BCUT2D eigenvalue weighted by Gasteiger charge is -2.14. The molecule has 0 saturated carbocycles. The highest BCUT2D eigenvalue weighted by Crippen LogP contribution is 2.43. The number of hydrogen-bond donors (Lipinski definition) is 0. The van der Waals surface area contributed by atoms with Crippen LogP contribution < -0.4 is 0 Å². The van der Waals surface area contributed by atoms with E-state index >= 15 is 0 Å². The van der Waals surface area contributed by atoms with Gasteiger partial charge in [-0.15, -0.1) is 11.3 Å². The summed E-state index contributed by atoms with van der Waals surface area (Å²) >= 11 is 1.86. The number of aromatic nitrogens is 3. The summed E-state index contributed by atoms with van der Waals surface area (Å²) in [6, 6.07) is 57.5. The summed E-state index contributed by atoms with van der Waals surface area (Å²) in [6.45, 7) is 0. The second-order valence-corrected chi connectivity index (χ2v) is 12.7. The highest BCUT2D eigenvalue weighted by molar-refractivity contribution is 7.25. The zero-order valence-corrected chi connectivity index (χ0v) is 26.2. The fourth-order valence-corrected chi connectivity index (χ4v) is 7.65. The van der Waals surface area contributed by atoms with Crippen molar-refractivity contribution < 1.29 is 0 Å². The van der Waals surface area contributed by atoms with Gasteiger partial charge in [0.15, 0.2) is 17.5 Å². The van der Waals surface area contributed by atoms with Crippen molar-refractivity contribution in [2.24, 2.45) is 0 Å². The summed E-state index contributed by atoms with van der Waals surface area (Å²) in [5, 5.41) is 5.12. The molecule has 0 spiro atoms. The van der Waals surface area contributed by atoms with Gasteiger partial charge < -0.3 is 0 Å². The summed E-state index contributed by atoms with van der Waals surface area (Å²) in [4.78, 5) is 14.7. The molecule has 0 fully saturated rings. The molecular formula is C43H27N3S. The SMILES string of the molecule is c1ccc(-c2nc(-c3ccccc3)nc(-c3ccc(-c4ccc(-c5cccc6sc7ccccc7c56)c5ccccc45)cc3)n2)cc1. The van der Waals surface area contributed by atoms with Crippen molar-refractivity contribution >= 4 is 42.3 Å². The van der Waals surface area contributed by atoms with Crippen LogP contribution in [0.3, 0.4) is 0 Å². The van der Waals surface area contributed by atoms with E-state index in [0.717, 1.165) is 22.3 Å². The largest absolute Gasteiger partial charge is 0.208 e. The third-order valence-corrected chi connectivity index (χ3v) is 9.91. The van der Waals surface area contributed by atoms with Gasteiger partial charge in [-0.25, -0.2) is 15.0 Å². The maximum Gasteiger partial charge on any atom is 0.164 e. The molecule has 0 aliphatic heterocycles. The molecule has 3 nitrogen and oxygen atoms in total. The van der Waals surface area contributed by atoms with Crippen LogP contribution in [0.2, 0.25) is 0 Å². The standard InChI is InChI=1S/C43H27N3S/c1-3-12-29(13-4-1)41-44-42(30-14-5-2-6-15-30)46-43(45-41)31-24-22-28(23-25-31)32-26-27-35(34-17-8-7-16-33(32)34)36-19-11-21-39-40(36)37-18-9-10-20-38(37)47-39/h1-27H. The Labute approximate surface area is 276 Å². The quantitative estimate of drug-likeness (QED) is 0.193. The molecule has 0 saturated heterocycles. The summed E-state index contributed by atoms with van der Waals surface area (Å²) in [7, 11) is 0. The minimum atomic E-state index is 0.653. The first-order valence-electron chi connectivity index (χ1n) is 15.7. The first-order valence-corrected chi connectivity index (χ1v) is 16.5. The second kappa shape index (κ2) is 11.4. The first kappa shape index (κ1) is 27.3. The van der Waals surface area contributed by atoms with Crippen LogP contribution >= 0.6 is 11.3 Å². The van der Waals surface area contributed by atoms with Gasteiger partial charge in [0.25, 0.3) is 0 Å². The Morgan fingerprint density at radius 1 is 0.298 bits per heavy atom. The molecule has 9 rings (SSSR count). The number of thiophene rings is 1. The lowest BCUT2D eigenvalue weighted by atomic mass is 9.90. The van der Waals surface area contributed by atoms with Crippen molar-refractivity contribution in [1.29, 1.82) is 0 Å². The Morgan fingerprint density at radius 3 is 1.40 bits per heavy atom. The Balaban J connectivity index is 1.15. The predicted octanol–water partition coefficient (Wildman–Crippen LogP) is 11.7. The van der Waals surface area contributed by atoms with E-state index in [4.69, 9.17) is 15.0 Å². The molecule has 7 aromatic carbocycles. The van der Waals surface area contributed by atoms with Gasteiger partial charge in [-0.05, 0) is 45.2 Å². The zero-order chi connectivity index (χ0) is 31.2. The maximum absolute atomic E-state index is 4.92. The Kier molecular flexibility index (Phi) is 6.65. The fourth-order valence-electron chi connectivity index (χ4n) is 6.52. The molecule has 0 bridgehead atoms. The van der Waals surface area contributed by atoms with E-state index in [9.17, 15) is 0 Å². The highest BCUT2D eigenvalue weighted by Gasteiger charge is 2.16. The van der Waals surface area contributed by atoms with Gasteiger partial charge in [-0.3, -0.25) is 0 Å². The molecule has 47 heavy (non-hydrogen) atoms. The van der Waals surface area contributed by atoms with Gasteiger partial charge >= 0.3 is 0 Å². The second-order valence-electron chi connectivity index (χ2n) is 11.6. The van der Waals surface area contributed by atoms with Crippen LogP contribution in [0.1, 0.15) is 0 Å². The fraction of sp³-hybridized carbons (Fsp3) is 0. The van der Waals surface area contributed by atoms with Gasteiger partial charge in [-0.1, -0.05) is 152 Å². The number of rotatable bonds is 5. The van der Waals surface area contributed by atoms with Gasteiger partial charge in [0.05, 0.1) is 0 Å². The van der Waals surface area contributed by atoms with Crippen LogP contribution in [0.15, 0.2) is 164 Å². The summed E-state index contributed by atoms with van der Waals surface area (Å²) in [5.74, 6) is 1.97. The summed E-state index contributed by atoms with van der Waals surface area (Å²) in [5.41, 5.74) is 7.74. The molecule has 9 aromatic rings. The molecule has 0 radical (unpaired) electrons. The molecule has 2 aromatic heterocycles. The highest BCUT2D eigenvalue weighted by atomic mass is 32.1. The van der Waals surface area contributed by atoms with Gasteiger partial charge in [-0.2, -0.15) is 0 Å². The maximum atomic E-state index is 4.92. The van der Waals surface area contributed by atoms with E-state index in [1.807, 2.05) is 72.0 Å². The van der Waals surface area contributed by atoms with E-state index in [-0.39, 0.29) is 0 Å². The predicted molar refractivity (Wildman–Crippen MR) is 197 cm³/mol. The monoisotopic (exact) mass is 617 g/mol. The van der Waals surface area contributed by atoms with Crippen LogP contribution in [0.4, 0.5) is 0 Å². The van der Waals surface area contributed by atoms with E-state index in [1.165, 1.54) is 47.6 Å². The smallest absolute Gasteiger partial charge is 0.164 e. The van der Waals surface area contributed by atoms with Crippen molar-refractivity contribution in [2.75, 3.05) is 0 Å². The molecule has 0 amide bonds. The van der Waals surface area contributed by atoms with Crippen LogP contribution in [0, 0.1) is 0 Å². The molecule has 0 unspecified atom stereocenters. The number of fused-ring (bicyclic) bond motifs is 4. The third-order valence-electron chi connectivity index (χ3n) is 8.77. The van der Waals surface area contributed by atoms with Crippen molar-refractivity contribution in [3.05, 3.63) is 164 Å². The molecule has 0 N–H and O–H groups in total. The average Bonchev–Trinajstić information content (AvgIpc) is 3.54. The van der Waals surface area contributed by atoms with Crippen molar-refractivity contribution in [1.82, 2.24) is 15.0 Å². The summed E-state index contributed by atoms with van der Waals surface area (Å²) in [6.07, 6.45) is 0. The van der Waals surface area contributed by atoms with E-state index in [0.29, 0.717) is 17.5 Å². The van der Waals surface area contributed by atoms with Crippen molar-refractivity contribution in [3.63, 3.8) is 0 Å². The topological polar surface area (TPSA) is 38.7 Å². The Hall–Kier alpha value is -5.97. The van der Waals surface area contributed by atoms with Gasteiger partial charge in [0.1, 0.15) is 0 Å². The van der Waals surface area contributed by atoms with Gasteiger partial charge in [0.2, 0.25) is 0 Å². The van der Waals surface area contributed by atoms with E-state index < -0.39 is 0 Å². The molecular weight excluding hydrogens is 591 g/mol. The molecule has 4 heteroatoms. The molecule has 220 valence electrons. The minimum absolute atomic E-state index is 0.653. The van der Waals surface area contributed by atoms with Crippen LogP contribution in [-0.2, 0) is 0 Å². The molecule has 0 atom stereocenters. The normalized spacial score (nSPS) is 11.4. The van der Waals surface area contributed by atoms with E-state index in [2.05, 4.69) is 103 Å². The Morgan fingerprint density at radius 2 is 0.766 bits per heavy atom. The summed E-state index contributed by atoms with van der Waals surface area (Å²) < 4.78 is 2.64. The molecule has 2 heterocycles. The van der Waals surface area contributed by atoms with Crippen molar-refractivity contribution in [3.8, 4) is 56.4 Å². The molecule has 0 aliphatic carbocycles. The lowest BCUT2D eigenvalue weighted by Crippen LogP contribution is -2.00. The van der Waals surface area contributed by atoms with Crippen molar-refractivity contribution in [2.45, 2.75) is 0 Å². The van der Waals surface area contributed by atoms with E-state index in [1.54, 1.807) is 0 Å². The minimum Gasteiger partial charge on any atom is -0.208 e. The van der Waals surface area contributed by atoms with Gasteiger partial charge in [0, 0.05) is 36.9 Å². The van der Waals surface area contributed by atoms with Crippen LogP contribution in [0.25, 0.3) is 87.4 Å². The van der Waals surface area contributed by atoms with Crippen LogP contribution in [0.5, 0.6) is 0 Å². The lowest BCUT2D eigenvalue weighted by molar-refractivity contribution is 1.07. The zero-order valence-electron chi connectivity index (χ0n) is 25.3. The Bertz CT molecular complexity index is 2500. The number of benzene rings is 7. The third kappa shape index (κ3) is 4.87. The van der Waals surface area contributed by atoms with Crippen LogP contribution in [-0.4, -0.2) is 15.0 Å². The molecule has 0 aliphatic rings. The number of nitrogens with zero attached hydrogens (tertiary/aromatic N) is 3. The number of hydrogen-bond acceptors (Lipinski definition) is 4. The average molecular weight is 618 g/mol. The first-order chi connectivity index (χ1) is 23.3.